The van der Waals surface area contributed by atoms with E-state index in [0.29, 0.717) is 25.8 Å². The van der Waals surface area contributed by atoms with Crippen molar-refractivity contribution >= 4 is 23.8 Å². The fourth-order valence-corrected chi connectivity index (χ4v) is 5.49. The molecule has 0 bridgehead atoms. The summed E-state index contributed by atoms with van der Waals surface area (Å²) in [5, 5.41) is 12.5. The molecule has 0 radical (unpaired) electrons. The van der Waals surface area contributed by atoms with Crippen molar-refractivity contribution in [3.63, 3.8) is 0 Å². The number of nitrogens with one attached hydrogen (secondary N) is 1. The number of carbonyl (C=O) groups excluding carboxylic acids is 3. The Balaban J connectivity index is 1.51. The van der Waals surface area contributed by atoms with Crippen molar-refractivity contribution in [2.75, 3.05) is 13.1 Å². The van der Waals surface area contributed by atoms with Crippen LogP contribution in [0, 0.1) is 11.3 Å². The largest absolute Gasteiger partial charge is 0.481 e. The molecule has 4 aliphatic rings. The van der Waals surface area contributed by atoms with E-state index in [-0.39, 0.29) is 24.3 Å². The molecule has 2 heterocycles. The number of carbonyl (C=O) groups is 4. The number of hydrogen-bond acceptors (Lipinski definition) is 4. The monoisotopic (exact) mass is 363 g/mol. The molecule has 2 N–H and O–H groups in total. The van der Waals surface area contributed by atoms with E-state index in [9.17, 15) is 24.3 Å². The Kier molecular flexibility index (Phi) is 3.79. The van der Waals surface area contributed by atoms with Crippen LogP contribution in [-0.2, 0) is 14.4 Å². The fourth-order valence-electron chi connectivity index (χ4n) is 5.49. The zero-order chi connectivity index (χ0) is 18.7. The highest BCUT2D eigenvalue weighted by atomic mass is 16.4. The number of imide groups is 1. The van der Waals surface area contributed by atoms with Crippen LogP contribution in [0.2, 0.25) is 0 Å². The van der Waals surface area contributed by atoms with Gasteiger partial charge < -0.3 is 15.3 Å². The van der Waals surface area contributed by atoms with Crippen LogP contribution in [0.25, 0.3) is 0 Å². The number of urea groups is 1. The summed E-state index contributed by atoms with van der Waals surface area (Å²) >= 11 is 0. The molecule has 3 atom stereocenters. The van der Waals surface area contributed by atoms with E-state index in [1.54, 1.807) is 11.8 Å². The van der Waals surface area contributed by atoms with Gasteiger partial charge in [-0.15, -0.1) is 0 Å². The summed E-state index contributed by atoms with van der Waals surface area (Å²) in [7, 11) is 0. The maximum Gasteiger partial charge on any atom is 0.325 e. The highest BCUT2D eigenvalue weighted by Crippen LogP contribution is 2.49. The summed E-state index contributed by atoms with van der Waals surface area (Å²) in [5.41, 5.74) is -1.70. The van der Waals surface area contributed by atoms with E-state index >= 15 is 0 Å². The third-order valence-electron chi connectivity index (χ3n) is 7.00. The Hall–Kier alpha value is -2.12. The van der Waals surface area contributed by atoms with Gasteiger partial charge in [-0.1, -0.05) is 19.3 Å². The predicted octanol–water partition coefficient (Wildman–Crippen LogP) is 0.953. The second kappa shape index (κ2) is 5.69. The normalized spacial score (nSPS) is 33.7. The van der Waals surface area contributed by atoms with Crippen LogP contribution in [0.4, 0.5) is 4.79 Å². The molecule has 142 valence electrons. The van der Waals surface area contributed by atoms with Gasteiger partial charge in [0.1, 0.15) is 11.6 Å². The van der Waals surface area contributed by atoms with Crippen molar-refractivity contribution in [1.29, 1.82) is 0 Å². The van der Waals surface area contributed by atoms with Crippen molar-refractivity contribution in [2.24, 2.45) is 11.3 Å². The van der Waals surface area contributed by atoms with Crippen LogP contribution in [0.3, 0.4) is 0 Å². The number of carboxylic acids is 1. The van der Waals surface area contributed by atoms with Gasteiger partial charge in [0.25, 0.3) is 5.91 Å². The van der Waals surface area contributed by atoms with Gasteiger partial charge in [0, 0.05) is 13.1 Å². The first-order valence-electron chi connectivity index (χ1n) is 9.49. The van der Waals surface area contributed by atoms with E-state index in [0.717, 1.165) is 30.6 Å². The minimum absolute atomic E-state index is 0.0413. The van der Waals surface area contributed by atoms with E-state index < -0.39 is 29.0 Å². The van der Waals surface area contributed by atoms with Gasteiger partial charge in [-0.05, 0) is 38.5 Å². The van der Waals surface area contributed by atoms with Gasteiger partial charge in [0.05, 0.1) is 5.41 Å². The highest BCUT2D eigenvalue weighted by Gasteiger charge is 2.58. The zero-order valence-corrected chi connectivity index (χ0v) is 15.0. The lowest BCUT2D eigenvalue weighted by molar-refractivity contribution is -0.150. The van der Waals surface area contributed by atoms with Gasteiger partial charge in [-0.2, -0.15) is 0 Å². The molecule has 2 saturated carbocycles. The number of likely N-dealkylation sites (tertiary alicyclic amines) is 1. The highest BCUT2D eigenvalue weighted by molar-refractivity contribution is 6.10. The quantitative estimate of drug-likeness (QED) is 0.726. The van der Waals surface area contributed by atoms with Crippen molar-refractivity contribution in [3.05, 3.63) is 0 Å². The van der Waals surface area contributed by atoms with E-state index in [1.807, 2.05) is 0 Å². The second-order valence-corrected chi connectivity index (χ2v) is 8.34. The molecule has 4 fully saturated rings. The number of nitrogens with zero attached hydrogens (tertiary/aromatic N) is 2. The minimum Gasteiger partial charge on any atom is -0.481 e. The summed E-state index contributed by atoms with van der Waals surface area (Å²) in [6.45, 7) is 2.13. The van der Waals surface area contributed by atoms with E-state index in [2.05, 4.69) is 5.32 Å². The Bertz CT molecular complexity index is 686. The molecule has 2 aliphatic carbocycles. The summed E-state index contributed by atoms with van der Waals surface area (Å²) in [5.74, 6) is -1.53. The number of amides is 4. The van der Waals surface area contributed by atoms with Crippen molar-refractivity contribution < 1.29 is 24.3 Å². The maximum absolute atomic E-state index is 13.0. The Morgan fingerprint density at radius 2 is 1.88 bits per heavy atom. The van der Waals surface area contributed by atoms with Gasteiger partial charge in [0.2, 0.25) is 5.91 Å². The van der Waals surface area contributed by atoms with E-state index in [4.69, 9.17) is 0 Å². The van der Waals surface area contributed by atoms with Crippen LogP contribution in [-0.4, -0.2) is 63.4 Å². The molecule has 4 rings (SSSR count). The summed E-state index contributed by atoms with van der Waals surface area (Å²) < 4.78 is 0. The molecule has 4 amide bonds. The molecule has 26 heavy (non-hydrogen) atoms. The lowest BCUT2D eigenvalue weighted by Crippen LogP contribution is -2.51. The number of hydrogen-bond donors (Lipinski definition) is 2. The van der Waals surface area contributed by atoms with Crippen LogP contribution in [0.1, 0.15) is 51.9 Å². The van der Waals surface area contributed by atoms with Gasteiger partial charge in [-0.25, -0.2) is 9.69 Å². The van der Waals surface area contributed by atoms with Gasteiger partial charge in [-0.3, -0.25) is 14.4 Å². The smallest absolute Gasteiger partial charge is 0.325 e. The Labute approximate surface area is 151 Å². The Morgan fingerprint density at radius 3 is 2.50 bits per heavy atom. The average molecular weight is 363 g/mol. The van der Waals surface area contributed by atoms with Crippen molar-refractivity contribution in [3.8, 4) is 0 Å². The number of rotatable bonds is 3. The molecular weight excluding hydrogens is 338 g/mol. The number of carboxylic acid groups (broad SMARTS) is 1. The molecule has 2 aliphatic heterocycles. The molecule has 8 heteroatoms. The first-order chi connectivity index (χ1) is 12.3. The summed E-state index contributed by atoms with van der Waals surface area (Å²) in [4.78, 5) is 52.6. The van der Waals surface area contributed by atoms with Crippen LogP contribution < -0.4 is 5.32 Å². The molecular formula is C18H25N3O5. The third-order valence-corrected chi connectivity index (χ3v) is 7.00. The summed E-state index contributed by atoms with van der Waals surface area (Å²) in [6, 6.07) is -1.42. The van der Waals surface area contributed by atoms with E-state index in [1.165, 1.54) is 0 Å². The maximum atomic E-state index is 13.0. The van der Waals surface area contributed by atoms with Crippen molar-refractivity contribution in [2.45, 2.75) is 63.5 Å². The number of aliphatic carboxylic acids is 1. The third kappa shape index (κ3) is 2.20. The molecule has 2 saturated heterocycles. The van der Waals surface area contributed by atoms with Crippen LogP contribution in [0.5, 0.6) is 0 Å². The minimum atomic E-state index is -0.910. The second-order valence-electron chi connectivity index (χ2n) is 8.34. The van der Waals surface area contributed by atoms with Crippen LogP contribution in [0.15, 0.2) is 0 Å². The lowest BCUT2D eigenvalue weighted by atomic mass is 9.81. The topological polar surface area (TPSA) is 107 Å². The summed E-state index contributed by atoms with van der Waals surface area (Å²) in [6.07, 6.45) is 5.25. The molecule has 1 spiro atoms. The van der Waals surface area contributed by atoms with Crippen LogP contribution >= 0.6 is 0 Å². The molecule has 1 unspecified atom stereocenters. The molecule has 0 aromatic carbocycles. The SMILES string of the molecule is CC(C(=O)N1C[C@@H]2CCC[C@@]2(C(=O)O)C1)N1C(=O)NC2(CCCC2)C1=O. The number of fused-ring (bicyclic) bond motifs is 1. The molecule has 8 nitrogen and oxygen atoms in total. The standard InChI is InChI=1S/C18H25N3O5/c1-11(21-14(23)18(19-16(21)26)7-2-3-8-18)13(22)20-9-12-5-4-6-17(12,10-20)15(24)25/h11-12H,2-10H2,1H3,(H,19,26)(H,24,25)/t11?,12-,17+/m0/s1. The average Bonchev–Trinajstić information content (AvgIpc) is 3.31. The zero-order valence-electron chi connectivity index (χ0n) is 15.0. The van der Waals surface area contributed by atoms with Gasteiger partial charge >= 0.3 is 12.0 Å². The Morgan fingerprint density at radius 1 is 1.19 bits per heavy atom. The first kappa shape index (κ1) is 17.3. The molecule has 0 aromatic heterocycles. The lowest BCUT2D eigenvalue weighted by Gasteiger charge is -2.28. The first-order valence-corrected chi connectivity index (χ1v) is 9.49. The van der Waals surface area contributed by atoms with Crippen molar-refractivity contribution in [1.82, 2.24) is 15.1 Å². The molecule has 0 aromatic rings. The van der Waals surface area contributed by atoms with Gasteiger partial charge in [0.15, 0.2) is 0 Å². The fraction of sp³-hybridized carbons (Fsp3) is 0.778. The predicted molar refractivity (Wildman–Crippen MR) is 90.0 cm³/mol.